The summed E-state index contributed by atoms with van der Waals surface area (Å²) in [5, 5.41) is 0. The summed E-state index contributed by atoms with van der Waals surface area (Å²) in [6.07, 6.45) is 0. The Morgan fingerprint density at radius 1 is 1.27 bits per heavy atom. The smallest absolute Gasteiger partial charge is 0.190 e. The molecule has 1 nitrogen and oxygen atoms in total. The molecule has 0 atom stereocenters. The average molecular weight is 156 g/mol. The Kier molecular flexibility index (Phi) is 2.12. The molecular weight excluding hydrogens is 149 g/mol. The van der Waals surface area contributed by atoms with Crippen molar-refractivity contribution in [2.75, 3.05) is 7.11 Å². The summed E-state index contributed by atoms with van der Waals surface area (Å²) in [7, 11) is 2.85. The van der Waals surface area contributed by atoms with E-state index < -0.39 is 11.6 Å². The van der Waals surface area contributed by atoms with Gasteiger partial charge in [0.2, 0.25) is 0 Å². The van der Waals surface area contributed by atoms with Gasteiger partial charge in [0, 0.05) is 0 Å². The van der Waals surface area contributed by atoms with Crippen molar-refractivity contribution in [3.8, 4) is 5.75 Å². The molecule has 1 aromatic carbocycles. The maximum Gasteiger partial charge on any atom is 0.190 e. The monoisotopic (exact) mass is 156 g/mol. The van der Waals surface area contributed by atoms with Gasteiger partial charge in [-0.1, -0.05) is 5.46 Å². The second kappa shape index (κ2) is 2.90. The largest absolute Gasteiger partial charge is 0.491 e. The van der Waals surface area contributed by atoms with Crippen LogP contribution in [0.5, 0.6) is 5.75 Å². The molecule has 0 N–H and O–H groups in total. The second-order valence-electron chi connectivity index (χ2n) is 2.26. The fourth-order valence-corrected chi connectivity index (χ4v) is 0.882. The van der Waals surface area contributed by atoms with Crippen molar-refractivity contribution >= 4 is 13.3 Å². The predicted octanol–water partition coefficient (Wildman–Crippen LogP) is 0.232. The molecule has 0 bridgehead atoms. The van der Waals surface area contributed by atoms with Gasteiger partial charge in [0.25, 0.3) is 0 Å². The third-order valence-electron chi connectivity index (χ3n) is 1.35. The second-order valence-corrected chi connectivity index (χ2v) is 2.26. The Bertz CT molecular complexity index is 252. The number of rotatable bonds is 1. The van der Waals surface area contributed by atoms with Crippen LogP contribution in [0.4, 0.5) is 8.78 Å². The molecule has 11 heavy (non-hydrogen) atoms. The molecule has 0 amide bonds. The lowest BCUT2D eigenvalue weighted by Crippen LogP contribution is -2.06. The summed E-state index contributed by atoms with van der Waals surface area (Å²) in [6.45, 7) is 0. The molecule has 0 aliphatic carbocycles. The summed E-state index contributed by atoms with van der Waals surface area (Å²) in [5.41, 5.74) is 0.542. The number of benzene rings is 1. The van der Waals surface area contributed by atoms with Gasteiger partial charge < -0.3 is 4.74 Å². The van der Waals surface area contributed by atoms with Crippen LogP contribution < -0.4 is 10.2 Å². The Hall–Kier alpha value is -1.06. The van der Waals surface area contributed by atoms with Gasteiger partial charge in [-0.15, -0.1) is 0 Å². The number of hydrogen-bond donors (Lipinski definition) is 0. The summed E-state index contributed by atoms with van der Waals surface area (Å²) >= 11 is 0. The van der Waals surface area contributed by atoms with Gasteiger partial charge in [-0.3, -0.25) is 0 Å². The standard InChI is InChI=1S/C7H7BF2O/c1-11-7-5(9)2-4(8)3-6(7)10/h2-3H,8H2,1H3. The van der Waals surface area contributed by atoms with Crippen LogP contribution in [0.15, 0.2) is 12.1 Å². The highest BCUT2D eigenvalue weighted by molar-refractivity contribution is 6.32. The fraction of sp³-hybridized carbons (Fsp3) is 0.143. The first-order valence-corrected chi connectivity index (χ1v) is 3.15. The highest BCUT2D eigenvalue weighted by Crippen LogP contribution is 2.18. The Labute approximate surface area is 64.4 Å². The van der Waals surface area contributed by atoms with Crippen molar-refractivity contribution in [1.29, 1.82) is 0 Å². The molecule has 0 radical (unpaired) electrons. The zero-order valence-corrected chi connectivity index (χ0v) is 6.32. The fourth-order valence-electron chi connectivity index (χ4n) is 0.882. The van der Waals surface area contributed by atoms with E-state index in [0.29, 0.717) is 5.46 Å². The lowest BCUT2D eigenvalue weighted by atomic mass is 9.96. The van der Waals surface area contributed by atoms with Crippen LogP contribution in [-0.4, -0.2) is 15.0 Å². The first kappa shape index (κ1) is 8.05. The zero-order chi connectivity index (χ0) is 8.43. The van der Waals surface area contributed by atoms with E-state index in [-0.39, 0.29) is 5.75 Å². The third kappa shape index (κ3) is 1.50. The van der Waals surface area contributed by atoms with E-state index in [4.69, 9.17) is 0 Å². The van der Waals surface area contributed by atoms with Crippen molar-refractivity contribution in [3.05, 3.63) is 23.8 Å². The molecule has 0 saturated carbocycles. The zero-order valence-electron chi connectivity index (χ0n) is 6.32. The van der Waals surface area contributed by atoms with E-state index in [0.717, 1.165) is 0 Å². The molecule has 0 saturated heterocycles. The Morgan fingerprint density at radius 3 is 2.09 bits per heavy atom. The molecular formula is C7H7BF2O. The number of ether oxygens (including phenoxy) is 1. The highest BCUT2D eigenvalue weighted by atomic mass is 19.1. The van der Waals surface area contributed by atoms with Crippen LogP contribution >= 0.6 is 0 Å². The summed E-state index contributed by atoms with van der Waals surface area (Å²) in [6, 6.07) is 2.45. The van der Waals surface area contributed by atoms with Crippen LogP contribution in [0.3, 0.4) is 0 Å². The molecule has 0 spiro atoms. The molecule has 1 aromatic rings. The molecule has 0 aromatic heterocycles. The minimum atomic E-state index is -0.662. The Morgan fingerprint density at radius 2 is 1.73 bits per heavy atom. The SMILES string of the molecule is Bc1cc(F)c(OC)c(F)c1. The van der Waals surface area contributed by atoms with Crippen LogP contribution in [-0.2, 0) is 0 Å². The lowest BCUT2D eigenvalue weighted by Gasteiger charge is -2.03. The van der Waals surface area contributed by atoms with Gasteiger partial charge in [-0.05, 0) is 12.1 Å². The summed E-state index contributed by atoms with van der Waals surface area (Å²) < 4.78 is 30.0. The molecule has 58 valence electrons. The van der Waals surface area contributed by atoms with Crippen molar-refractivity contribution in [1.82, 2.24) is 0 Å². The van der Waals surface area contributed by atoms with E-state index in [1.807, 2.05) is 0 Å². The van der Waals surface area contributed by atoms with Gasteiger partial charge in [-0.25, -0.2) is 8.78 Å². The summed E-state index contributed by atoms with van der Waals surface area (Å²) in [5.74, 6) is -1.65. The van der Waals surface area contributed by atoms with E-state index >= 15 is 0 Å². The molecule has 4 heteroatoms. The first-order valence-electron chi connectivity index (χ1n) is 3.15. The molecule has 1 rings (SSSR count). The highest BCUT2D eigenvalue weighted by Gasteiger charge is 2.08. The molecule has 0 aliphatic heterocycles. The van der Waals surface area contributed by atoms with Gasteiger partial charge in [-0.2, -0.15) is 0 Å². The topological polar surface area (TPSA) is 9.23 Å². The van der Waals surface area contributed by atoms with Gasteiger partial charge in [0.15, 0.2) is 17.4 Å². The Balaban J connectivity index is 3.25. The minimum absolute atomic E-state index is 0.324. The van der Waals surface area contributed by atoms with E-state index in [1.165, 1.54) is 19.2 Å². The first-order chi connectivity index (χ1) is 5.15. The van der Waals surface area contributed by atoms with E-state index in [9.17, 15) is 8.78 Å². The number of hydrogen-bond acceptors (Lipinski definition) is 1. The number of methoxy groups -OCH3 is 1. The molecule has 0 aliphatic rings. The normalized spacial score (nSPS) is 9.73. The van der Waals surface area contributed by atoms with Crippen LogP contribution in [0.25, 0.3) is 0 Å². The lowest BCUT2D eigenvalue weighted by molar-refractivity contribution is 0.360. The number of halogens is 2. The maximum atomic E-state index is 12.7. The average Bonchev–Trinajstić information content (AvgIpc) is 1.85. The summed E-state index contributed by atoms with van der Waals surface area (Å²) in [4.78, 5) is 0. The molecule has 0 heterocycles. The maximum absolute atomic E-state index is 12.7. The van der Waals surface area contributed by atoms with Gasteiger partial charge in [0.1, 0.15) is 7.85 Å². The minimum Gasteiger partial charge on any atom is -0.491 e. The molecule has 0 fully saturated rings. The van der Waals surface area contributed by atoms with Crippen molar-refractivity contribution in [2.24, 2.45) is 0 Å². The van der Waals surface area contributed by atoms with Crippen LogP contribution in [0.1, 0.15) is 0 Å². The quantitative estimate of drug-likeness (QED) is 0.529. The van der Waals surface area contributed by atoms with Gasteiger partial charge in [0.05, 0.1) is 7.11 Å². The van der Waals surface area contributed by atoms with Crippen LogP contribution in [0, 0.1) is 11.6 Å². The van der Waals surface area contributed by atoms with Crippen molar-refractivity contribution in [3.63, 3.8) is 0 Å². The van der Waals surface area contributed by atoms with Crippen LogP contribution in [0.2, 0.25) is 0 Å². The van der Waals surface area contributed by atoms with Crippen molar-refractivity contribution in [2.45, 2.75) is 0 Å². The van der Waals surface area contributed by atoms with Crippen molar-refractivity contribution < 1.29 is 13.5 Å². The molecule has 0 unspecified atom stereocenters. The third-order valence-corrected chi connectivity index (χ3v) is 1.35. The predicted molar refractivity (Wildman–Crippen MR) is 41.1 cm³/mol. The van der Waals surface area contributed by atoms with E-state index in [2.05, 4.69) is 4.74 Å². The van der Waals surface area contributed by atoms with Gasteiger partial charge >= 0.3 is 0 Å². The van der Waals surface area contributed by atoms with E-state index in [1.54, 1.807) is 7.85 Å².